The zero-order chi connectivity index (χ0) is 17.8. The Hall–Kier alpha value is -2.83. The average molecular weight is 344 g/mol. The first-order chi connectivity index (χ1) is 12.1. The molecule has 0 aliphatic heterocycles. The zero-order valence-electron chi connectivity index (χ0n) is 14.0. The highest BCUT2D eigenvalue weighted by Gasteiger charge is 2.34. The van der Waals surface area contributed by atoms with Crippen molar-refractivity contribution in [2.45, 2.75) is 32.2 Å². The first-order valence-corrected chi connectivity index (χ1v) is 8.25. The van der Waals surface area contributed by atoms with Gasteiger partial charge in [0.15, 0.2) is 6.39 Å². The molecule has 132 valence electrons. The summed E-state index contributed by atoms with van der Waals surface area (Å²) in [6.07, 6.45) is 3.21. The molecule has 0 saturated heterocycles. The van der Waals surface area contributed by atoms with E-state index in [1.54, 1.807) is 25.1 Å². The van der Waals surface area contributed by atoms with E-state index in [9.17, 15) is 14.7 Å². The van der Waals surface area contributed by atoms with Crippen LogP contribution >= 0.6 is 0 Å². The van der Waals surface area contributed by atoms with Gasteiger partial charge in [-0.1, -0.05) is 18.2 Å². The van der Waals surface area contributed by atoms with E-state index in [2.05, 4.69) is 4.98 Å². The van der Waals surface area contributed by atoms with Gasteiger partial charge in [0, 0.05) is 11.5 Å². The number of carbonyl (C=O) groups excluding carboxylic acids is 2. The Bertz CT molecular complexity index is 766. The third-order valence-corrected chi connectivity index (χ3v) is 4.02. The fourth-order valence-corrected chi connectivity index (χ4v) is 2.62. The van der Waals surface area contributed by atoms with Gasteiger partial charge in [0.25, 0.3) is 5.91 Å². The molecule has 1 N–H and O–H groups in total. The van der Waals surface area contributed by atoms with Crippen LogP contribution in [0.15, 0.2) is 35.1 Å². The van der Waals surface area contributed by atoms with Gasteiger partial charge in [-0.15, -0.1) is 0 Å². The summed E-state index contributed by atoms with van der Waals surface area (Å²) in [7, 11) is 0. The highest BCUT2D eigenvalue weighted by molar-refractivity contribution is 5.94. The number of phenols is 1. The van der Waals surface area contributed by atoms with E-state index in [0.29, 0.717) is 11.3 Å². The Balaban J connectivity index is 1.84. The number of aromatic nitrogens is 1. The van der Waals surface area contributed by atoms with E-state index in [0.717, 1.165) is 12.8 Å². The van der Waals surface area contributed by atoms with E-state index in [-0.39, 0.29) is 37.1 Å². The number of benzene rings is 1. The summed E-state index contributed by atoms with van der Waals surface area (Å²) in [6.45, 7) is 1.77. The number of para-hydroxylation sites is 1. The molecule has 1 aliphatic rings. The molecule has 0 radical (unpaired) electrons. The SMILES string of the molecule is CCOC(=O)CN(Cc1ccccc1O)C(=O)c1ocnc1C1CC1. The van der Waals surface area contributed by atoms with E-state index in [1.165, 1.54) is 17.4 Å². The third kappa shape index (κ3) is 3.99. The highest BCUT2D eigenvalue weighted by Crippen LogP contribution is 2.41. The minimum Gasteiger partial charge on any atom is -0.508 e. The van der Waals surface area contributed by atoms with E-state index in [1.807, 2.05) is 0 Å². The first-order valence-electron chi connectivity index (χ1n) is 8.25. The molecule has 0 bridgehead atoms. The number of nitrogens with zero attached hydrogens (tertiary/aromatic N) is 2. The molecule has 1 saturated carbocycles. The molecule has 3 rings (SSSR count). The lowest BCUT2D eigenvalue weighted by Gasteiger charge is -2.21. The molecule has 7 heteroatoms. The van der Waals surface area contributed by atoms with Crippen molar-refractivity contribution in [2.75, 3.05) is 13.2 Å². The lowest BCUT2D eigenvalue weighted by Crippen LogP contribution is -2.36. The van der Waals surface area contributed by atoms with Crippen LogP contribution in [0.2, 0.25) is 0 Å². The number of ether oxygens (including phenoxy) is 1. The van der Waals surface area contributed by atoms with Crippen molar-refractivity contribution in [3.63, 3.8) is 0 Å². The molecule has 1 fully saturated rings. The van der Waals surface area contributed by atoms with Crippen molar-refractivity contribution in [3.05, 3.63) is 47.7 Å². The van der Waals surface area contributed by atoms with Crippen LogP contribution in [0, 0.1) is 0 Å². The summed E-state index contributed by atoms with van der Waals surface area (Å²) in [5.41, 5.74) is 1.17. The summed E-state index contributed by atoms with van der Waals surface area (Å²) < 4.78 is 10.3. The topological polar surface area (TPSA) is 92.9 Å². The average Bonchev–Trinajstić information content (AvgIpc) is 3.32. The van der Waals surface area contributed by atoms with E-state index in [4.69, 9.17) is 9.15 Å². The predicted octanol–water partition coefficient (Wildman–Crippen LogP) is 2.46. The zero-order valence-corrected chi connectivity index (χ0v) is 14.0. The second-order valence-electron chi connectivity index (χ2n) is 5.94. The highest BCUT2D eigenvalue weighted by atomic mass is 16.5. The number of hydrogen-bond donors (Lipinski definition) is 1. The lowest BCUT2D eigenvalue weighted by molar-refractivity contribution is -0.144. The van der Waals surface area contributed by atoms with Crippen LogP contribution in [0.3, 0.4) is 0 Å². The first kappa shape index (κ1) is 17.0. The molecule has 25 heavy (non-hydrogen) atoms. The van der Waals surface area contributed by atoms with Gasteiger partial charge in [-0.3, -0.25) is 9.59 Å². The molecule has 0 spiro atoms. The normalized spacial score (nSPS) is 13.5. The second-order valence-corrected chi connectivity index (χ2v) is 5.94. The van der Waals surface area contributed by atoms with Crippen LogP contribution in [0.5, 0.6) is 5.75 Å². The largest absolute Gasteiger partial charge is 0.508 e. The minimum absolute atomic E-state index is 0.0594. The van der Waals surface area contributed by atoms with Gasteiger partial charge in [-0.25, -0.2) is 4.98 Å². The molecule has 1 heterocycles. The number of amides is 1. The van der Waals surface area contributed by atoms with Gasteiger partial charge < -0.3 is 19.2 Å². The molecular weight excluding hydrogens is 324 g/mol. The molecular formula is C18H20N2O5. The fraction of sp³-hybridized carbons (Fsp3) is 0.389. The molecule has 1 amide bonds. The second kappa shape index (κ2) is 7.38. The lowest BCUT2D eigenvalue weighted by atomic mass is 10.1. The smallest absolute Gasteiger partial charge is 0.325 e. The number of carbonyl (C=O) groups is 2. The maximum absolute atomic E-state index is 12.9. The minimum atomic E-state index is -0.515. The number of oxazole rings is 1. The van der Waals surface area contributed by atoms with E-state index >= 15 is 0 Å². The van der Waals surface area contributed by atoms with Crippen molar-refractivity contribution in [1.29, 1.82) is 0 Å². The number of hydrogen-bond acceptors (Lipinski definition) is 6. The Morgan fingerprint density at radius 2 is 2.12 bits per heavy atom. The van der Waals surface area contributed by atoms with E-state index < -0.39 is 11.9 Å². The van der Waals surface area contributed by atoms with Gasteiger partial charge >= 0.3 is 5.97 Å². The van der Waals surface area contributed by atoms with Gasteiger partial charge in [-0.2, -0.15) is 0 Å². The Labute approximate surface area is 145 Å². The van der Waals surface area contributed by atoms with Gasteiger partial charge in [-0.05, 0) is 25.8 Å². The Morgan fingerprint density at radius 1 is 1.36 bits per heavy atom. The fourth-order valence-electron chi connectivity index (χ4n) is 2.62. The number of aromatic hydroxyl groups is 1. The molecule has 0 unspecified atom stereocenters. The summed E-state index contributed by atoms with van der Waals surface area (Å²) >= 11 is 0. The summed E-state index contributed by atoms with van der Waals surface area (Å²) in [4.78, 5) is 30.3. The summed E-state index contributed by atoms with van der Waals surface area (Å²) in [5.74, 6) is -0.492. The standard InChI is InChI=1S/C18H20N2O5/c1-2-24-15(22)10-20(9-13-5-3-4-6-14(13)21)18(23)17-16(12-7-8-12)19-11-25-17/h3-6,11-12,21H,2,7-10H2,1H3. The third-order valence-electron chi connectivity index (χ3n) is 4.02. The molecule has 7 nitrogen and oxygen atoms in total. The number of phenolic OH excluding ortho intramolecular Hbond substituents is 1. The van der Waals surface area contributed by atoms with Crippen LogP contribution in [-0.4, -0.2) is 40.0 Å². The predicted molar refractivity (Wildman–Crippen MR) is 88.0 cm³/mol. The van der Waals surface area contributed by atoms with Gasteiger partial charge in [0.2, 0.25) is 5.76 Å². The van der Waals surface area contributed by atoms with Gasteiger partial charge in [0.1, 0.15) is 12.3 Å². The van der Waals surface area contributed by atoms with Gasteiger partial charge in [0.05, 0.1) is 18.8 Å². The quantitative estimate of drug-likeness (QED) is 0.776. The van der Waals surface area contributed by atoms with Crippen LogP contribution in [0.25, 0.3) is 0 Å². The van der Waals surface area contributed by atoms with Crippen molar-refractivity contribution >= 4 is 11.9 Å². The van der Waals surface area contributed by atoms with Crippen LogP contribution in [-0.2, 0) is 16.1 Å². The molecule has 2 aromatic rings. The van der Waals surface area contributed by atoms with Crippen molar-refractivity contribution in [1.82, 2.24) is 9.88 Å². The molecule has 1 aromatic carbocycles. The monoisotopic (exact) mass is 344 g/mol. The van der Waals surface area contributed by atoms with Crippen LogP contribution in [0.4, 0.5) is 0 Å². The van der Waals surface area contributed by atoms with Crippen molar-refractivity contribution < 1.29 is 23.8 Å². The van der Waals surface area contributed by atoms with Crippen LogP contribution < -0.4 is 0 Å². The maximum Gasteiger partial charge on any atom is 0.325 e. The molecule has 1 aliphatic carbocycles. The molecule has 1 aromatic heterocycles. The number of esters is 1. The Kier molecular flexibility index (Phi) is 5.02. The van der Waals surface area contributed by atoms with Crippen molar-refractivity contribution in [3.8, 4) is 5.75 Å². The maximum atomic E-state index is 12.9. The summed E-state index contributed by atoms with van der Waals surface area (Å²) in [5, 5.41) is 9.97. The summed E-state index contributed by atoms with van der Waals surface area (Å²) in [6, 6.07) is 6.68. The molecule has 0 atom stereocenters. The van der Waals surface area contributed by atoms with Crippen molar-refractivity contribution in [2.24, 2.45) is 0 Å². The number of rotatable bonds is 7. The Morgan fingerprint density at radius 3 is 2.80 bits per heavy atom. The van der Waals surface area contributed by atoms with Crippen LogP contribution in [0.1, 0.15) is 47.5 Å².